The van der Waals surface area contributed by atoms with E-state index in [4.69, 9.17) is 10.00 Å². The number of nitriles is 1. The van der Waals surface area contributed by atoms with Gasteiger partial charge in [0.05, 0.1) is 6.07 Å². The van der Waals surface area contributed by atoms with Crippen LogP contribution >= 0.6 is 0 Å². The molecule has 0 heterocycles. The lowest BCUT2D eigenvalue weighted by atomic mass is 10.2. The molecule has 0 N–H and O–H groups in total. The second-order valence-electron chi connectivity index (χ2n) is 4.36. The van der Waals surface area contributed by atoms with E-state index in [1.54, 1.807) is 49.9 Å². The van der Waals surface area contributed by atoms with Crippen molar-refractivity contribution in [3.05, 3.63) is 29.8 Å². The molecule has 0 aliphatic carbocycles. The van der Waals surface area contributed by atoms with E-state index in [9.17, 15) is 9.59 Å². The third-order valence-electron chi connectivity index (χ3n) is 2.91. The number of carbonyl (C=O) groups excluding carboxylic acids is 2. The predicted molar refractivity (Wildman–Crippen MR) is 75.2 cm³/mol. The minimum absolute atomic E-state index is 0.281. The first kappa shape index (κ1) is 15.7. The average Bonchev–Trinajstić information content (AvgIpc) is 2.47. The van der Waals surface area contributed by atoms with Crippen molar-refractivity contribution in [2.75, 3.05) is 4.90 Å². The van der Waals surface area contributed by atoms with Gasteiger partial charge in [0.15, 0.2) is 6.23 Å². The molecule has 0 fully saturated rings. The summed E-state index contributed by atoms with van der Waals surface area (Å²) in [6, 6.07) is 8.45. The first-order valence-corrected chi connectivity index (χ1v) is 6.46. The smallest absolute Gasteiger partial charge is 0.307 e. The van der Waals surface area contributed by atoms with Crippen molar-refractivity contribution in [1.29, 1.82) is 5.26 Å². The van der Waals surface area contributed by atoms with Crippen LogP contribution in [0.3, 0.4) is 0 Å². The van der Waals surface area contributed by atoms with Crippen LogP contribution in [-0.2, 0) is 9.53 Å². The van der Waals surface area contributed by atoms with Crippen LogP contribution in [0, 0.1) is 11.3 Å². The molecule has 1 aromatic carbocycles. The molecule has 0 saturated carbocycles. The summed E-state index contributed by atoms with van der Waals surface area (Å²) in [4.78, 5) is 23.7. The molecule has 0 aliphatic rings. The Balaban J connectivity index is 3.02. The van der Waals surface area contributed by atoms with Gasteiger partial charge in [0.25, 0.3) is 0 Å². The van der Waals surface area contributed by atoms with Gasteiger partial charge >= 0.3 is 5.97 Å². The monoisotopic (exact) mass is 274 g/mol. The van der Waals surface area contributed by atoms with Crippen LogP contribution in [0.2, 0.25) is 0 Å². The maximum Gasteiger partial charge on any atom is 0.307 e. The molecule has 1 aromatic rings. The van der Waals surface area contributed by atoms with Gasteiger partial charge in [0, 0.05) is 17.7 Å². The van der Waals surface area contributed by atoms with Crippen molar-refractivity contribution >= 4 is 17.9 Å². The molecule has 0 amide bonds. The van der Waals surface area contributed by atoms with E-state index in [-0.39, 0.29) is 12.4 Å². The molecular formula is C15H18N2O3. The normalized spacial score (nSPS) is 12.9. The molecule has 0 saturated heterocycles. The molecule has 0 bridgehead atoms. The van der Waals surface area contributed by atoms with E-state index < -0.39 is 12.3 Å². The molecule has 0 aromatic heterocycles. The Bertz CT molecular complexity index is 505. The minimum Gasteiger partial charge on any atom is -0.442 e. The number of esters is 1. The number of anilines is 1. The van der Waals surface area contributed by atoms with Crippen LogP contribution in [-0.4, -0.2) is 24.5 Å². The highest BCUT2D eigenvalue weighted by Crippen LogP contribution is 2.21. The van der Waals surface area contributed by atoms with E-state index in [2.05, 4.69) is 6.07 Å². The van der Waals surface area contributed by atoms with E-state index in [0.29, 0.717) is 5.56 Å². The highest BCUT2D eigenvalue weighted by molar-refractivity contribution is 5.76. The maximum absolute atomic E-state index is 11.4. The summed E-state index contributed by atoms with van der Waals surface area (Å²) >= 11 is 0. The second kappa shape index (κ2) is 7.29. The lowest BCUT2D eigenvalue weighted by Crippen LogP contribution is -2.42. The predicted octanol–water partition coefficient (Wildman–Crippen LogP) is 2.52. The van der Waals surface area contributed by atoms with Gasteiger partial charge in [-0.1, -0.05) is 6.92 Å². The Kier molecular flexibility index (Phi) is 5.73. The summed E-state index contributed by atoms with van der Waals surface area (Å²) < 4.78 is 5.26. The number of rotatable bonds is 6. The first-order valence-electron chi connectivity index (χ1n) is 6.46. The van der Waals surface area contributed by atoms with Crippen molar-refractivity contribution < 1.29 is 14.3 Å². The van der Waals surface area contributed by atoms with Gasteiger partial charge in [-0.15, -0.1) is 0 Å². The van der Waals surface area contributed by atoms with E-state index in [0.717, 1.165) is 12.0 Å². The fourth-order valence-corrected chi connectivity index (χ4v) is 1.87. The molecule has 20 heavy (non-hydrogen) atoms. The molecular weight excluding hydrogens is 256 g/mol. The molecule has 0 aliphatic heterocycles. The van der Waals surface area contributed by atoms with Crippen LogP contribution < -0.4 is 4.90 Å². The van der Waals surface area contributed by atoms with Crippen LogP contribution in [0.4, 0.5) is 5.69 Å². The van der Waals surface area contributed by atoms with Gasteiger partial charge in [0.2, 0.25) is 0 Å². The topological polar surface area (TPSA) is 70.4 Å². The van der Waals surface area contributed by atoms with Crippen LogP contribution in [0.5, 0.6) is 0 Å². The number of hydrogen-bond donors (Lipinski definition) is 0. The third-order valence-corrected chi connectivity index (χ3v) is 2.91. The number of benzene rings is 1. The van der Waals surface area contributed by atoms with Gasteiger partial charge in [-0.2, -0.15) is 5.26 Å². The Morgan fingerprint density at radius 2 is 2.00 bits per heavy atom. The van der Waals surface area contributed by atoms with Crippen molar-refractivity contribution in [3.8, 4) is 6.07 Å². The zero-order valence-electron chi connectivity index (χ0n) is 11.9. The summed E-state index contributed by atoms with van der Waals surface area (Å²) in [5.74, 6) is -0.322. The summed E-state index contributed by atoms with van der Waals surface area (Å²) in [5, 5.41) is 9.12. The fourth-order valence-electron chi connectivity index (χ4n) is 1.87. The number of ether oxygens (including phenoxy) is 1. The van der Waals surface area contributed by atoms with Gasteiger partial charge in [-0.25, -0.2) is 0 Å². The Morgan fingerprint density at radius 1 is 1.40 bits per heavy atom. The first-order chi connectivity index (χ1) is 9.53. The Labute approximate surface area is 118 Å². The molecule has 5 nitrogen and oxygen atoms in total. The third kappa shape index (κ3) is 3.82. The molecule has 2 unspecified atom stereocenters. The Morgan fingerprint density at radius 3 is 2.45 bits per heavy atom. The summed E-state index contributed by atoms with van der Waals surface area (Å²) in [5.41, 5.74) is 1.28. The van der Waals surface area contributed by atoms with Crippen molar-refractivity contribution in [2.45, 2.75) is 39.5 Å². The second-order valence-corrected chi connectivity index (χ2v) is 4.36. The van der Waals surface area contributed by atoms with Gasteiger partial charge in [-0.05, 0) is 38.1 Å². The van der Waals surface area contributed by atoms with Crippen LogP contribution in [0.25, 0.3) is 0 Å². The number of hydrogen-bond acceptors (Lipinski definition) is 5. The lowest BCUT2D eigenvalue weighted by Gasteiger charge is -2.32. The van der Waals surface area contributed by atoms with Crippen LogP contribution in [0.1, 0.15) is 37.6 Å². The summed E-state index contributed by atoms with van der Waals surface area (Å²) in [6.07, 6.45) is 0.477. The number of carbonyl (C=O) groups is 2. The van der Waals surface area contributed by atoms with Crippen LogP contribution in [0.15, 0.2) is 24.3 Å². The molecule has 0 radical (unpaired) electrons. The van der Waals surface area contributed by atoms with E-state index >= 15 is 0 Å². The molecule has 106 valence electrons. The largest absolute Gasteiger partial charge is 0.442 e. The highest BCUT2D eigenvalue weighted by atomic mass is 16.6. The van der Waals surface area contributed by atoms with Gasteiger partial charge in [0.1, 0.15) is 12.3 Å². The zero-order valence-corrected chi connectivity index (χ0v) is 11.9. The van der Waals surface area contributed by atoms with E-state index in [1.807, 2.05) is 0 Å². The molecule has 0 spiro atoms. The van der Waals surface area contributed by atoms with Crippen molar-refractivity contribution in [2.24, 2.45) is 0 Å². The summed E-state index contributed by atoms with van der Waals surface area (Å²) in [6.45, 7) is 5.16. The summed E-state index contributed by atoms with van der Waals surface area (Å²) in [7, 11) is 0. The fraction of sp³-hybridized carbons (Fsp3) is 0.400. The number of nitrogens with zero attached hydrogens (tertiary/aromatic N) is 2. The van der Waals surface area contributed by atoms with E-state index in [1.165, 1.54) is 0 Å². The Hall–Kier alpha value is -2.35. The SMILES string of the molecule is CCC(=O)OC(C)N(c1ccc(C=O)cc1)C(C)C#N. The maximum atomic E-state index is 11.4. The number of aldehydes is 1. The highest BCUT2D eigenvalue weighted by Gasteiger charge is 2.23. The minimum atomic E-state index is -0.556. The van der Waals surface area contributed by atoms with Gasteiger partial charge < -0.3 is 9.64 Å². The van der Waals surface area contributed by atoms with Gasteiger partial charge in [-0.3, -0.25) is 9.59 Å². The lowest BCUT2D eigenvalue weighted by molar-refractivity contribution is -0.147. The van der Waals surface area contributed by atoms with Crippen molar-refractivity contribution in [1.82, 2.24) is 0 Å². The van der Waals surface area contributed by atoms with Crippen molar-refractivity contribution in [3.63, 3.8) is 0 Å². The molecule has 2 atom stereocenters. The zero-order chi connectivity index (χ0) is 15.1. The molecule has 5 heteroatoms. The quantitative estimate of drug-likeness (QED) is 0.453. The standard InChI is InChI=1S/C15H18N2O3/c1-4-15(19)20-12(3)17(11(2)9-16)14-7-5-13(10-18)6-8-14/h5-8,10-12H,4H2,1-3H3. The molecule has 1 rings (SSSR count). The average molecular weight is 274 g/mol.